The van der Waals surface area contributed by atoms with Gasteiger partial charge in [-0.3, -0.25) is 0 Å². The lowest BCUT2D eigenvalue weighted by Gasteiger charge is -2.21. The fourth-order valence-electron chi connectivity index (χ4n) is 4.60. The molecule has 3 aromatic carbocycles. The summed E-state index contributed by atoms with van der Waals surface area (Å²) in [7, 11) is 0. The molecule has 1 aliphatic heterocycles. The number of hydrogen-bond acceptors (Lipinski definition) is 7. The Morgan fingerprint density at radius 1 is 0.810 bits per heavy atom. The molecule has 4 atom stereocenters. The molecule has 8 heteroatoms. The Bertz CT molecular complexity index is 1230. The van der Waals surface area contributed by atoms with Crippen molar-refractivity contribution < 1.29 is 28.2 Å². The number of carbonyl (C=O) groups excluding carboxylic acids is 2. The molecule has 0 radical (unpaired) electrons. The van der Waals surface area contributed by atoms with Gasteiger partial charge in [-0.2, -0.15) is 0 Å². The molecule has 0 amide bonds. The van der Waals surface area contributed by atoms with Crippen molar-refractivity contribution in [2.75, 3.05) is 13.2 Å². The summed E-state index contributed by atoms with van der Waals surface area (Å²) < 4.78 is 32.4. The molecular formula is C34H39FO5S2. The minimum atomic E-state index is -1.42. The van der Waals surface area contributed by atoms with Gasteiger partial charge in [0.2, 0.25) is 0 Å². The number of benzene rings is 3. The molecule has 3 aromatic rings. The number of alkyl halides is 1. The Labute approximate surface area is 256 Å². The second kappa shape index (κ2) is 17.2. The predicted octanol–water partition coefficient (Wildman–Crippen LogP) is 8.52. The highest BCUT2D eigenvalue weighted by atomic mass is 32.2. The van der Waals surface area contributed by atoms with Crippen LogP contribution in [-0.4, -0.2) is 47.3 Å². The van der Waals surface area contributed by atoms with Crippen LogP contribution in [0.3, 0.4) is 0 Å². The molecule has 5 nitrogen and oxygen atoms in total. The third kappa shape index (κ3) is 9.80. The van der Waals surface area contributed by atoms with E-state index in [9.17, 15) is 9.59 Å². The average Bonchev–Trinajstić information content (AvgIpc) is 3.33. The minimum absolute atomic E-state index is 0.0623. The van der Waals surface area contributed by atoms with Gasteiger partial charge in [0, 0.05) is 5.75 Å². The highest BCUT2D eigenvalue weighted by Crippen LogP contribution is 2.45. The zero-order valence-corrected chi connectivity index (χ0v) is 25.6. The van der Waals surface area contributed by atoms with Crippen molar-refractivity contribution >= 4 is 35.5 Å². The van der Waals surface area contributed by atoms with E-state index in [2.05, 4.69) is 6.92 Å². The van der Waals surface area contributed by atoms with Gasteiger partial charge in [-0.1, -0.05) is 87.6 Å². The first-order valence-electron chi connectivity index (χ1n) is 14.7. The Hall–Kier alpha value is -2.97. The van der Waals surface area contributed by atoms with Crippen molar-refractivity contribution in [2.24, 2.45) is 0 Å². The summed E-state index contributed by atoms with van der Waals surface area (Å²) in [4.78, 5) is 25.3. The van der Waals surface area contributed by atoms with E-state index in [4.69, 9.17) is 14.2 Å². The number of carbonyl (C=O) groups is 2. The zero-order chi connectivity index (χ0) is 29.6. The maximum atomic E-state index is 15.8. The molecule has 0 aromatic heterocycles. The van der Waals surface area contributed by atoms with Gasteiger partial charge in [0.1, 0.15) is 12.4 Å². The maximum absolute atomic E-state index is 15.8. The molecule has 0 N–H and O–H groups in total. The summed E-state index contributed by atoms with van der Waals surface area (Å²) in [5.74, 6) is 0.343. The molecule has 1 heterocycles. The summed E-state index contributed by atoms with van der Waals surface area (Å²) in [5.41, 5.74) is 1.82. The highest BCUT2D eigenvalue weighted by Gasteiger charge is 2.48. The molecular weight excluding hydrogens is 572 g/mol. The normalized spacial score (nSPS) is 19.8. The number of unbranched alkanes of at least 4 members (excludes halogenated alkanes) is 5. The Morgan fingerprint density at radius 2 is 1.43 bits per heavy atom. The van der Waals surface area contributed by atoms with Crippen LogP contribution in [0, 0.1) is 0 Å². The molecule has 1 saturated heterocycles. The van der Waals surface area contributed by atoms with Crippen LogP contribution in [0.4, 0.5) is 4.39 Å². The van der Waals surface area contributed by atoms with Crippen molar-refractivity contribution in [3.05, 3.63) is 102 Å². The molecule has 1 fully saturated rings. The third-order valence-corrected chi connectivity index (χ3v) is 10.1. The summed E-state index contributed by atoms with van der Waals surface area (Å²) in [6.45, 7) is 2.87. The average molecular weight is 611 g/mol. The summed E-state index contributed by atoms with van der Waals surface area (Å²) >= 11 is 2.81. The van der Waals surface area contributed by atoms with Crippen LogP contribution < -0.4 is 4.74 Å². The van der Waals surface area contributed by atoms with Crippen LogP contribution >= 0.6 is 23.5 Å². The molecule has 42 heavy (non-hydrogen) atoms. The topological polar surface area (TPSA) is 61.8 Å². The van der Waals surface area contributed by atoms with Gasteiger partial charge in [-0.05, 0) is 48.4 Å². The standard InChI is InChI=1S/C34H39FO5S2/c1-2-3-4-5-6-13-22-38-28-20-18-25(19-21-28)24-41-34-30(35)31(40-33(37)27-16-11-8-12-17-27)29(42-34)23-39-32(36)26-14-9-7-10-15-26/h7-12,14-21,29-31,34H,2-6,13,22-24H2,1H3. The van der Waals surface area contributed by atoms with E-state index in [0.29, 0.717) is 23.5 Å². The summed E-state index contributed by atoms with van der Waals surface area (Å²) in [6.07, 6.45) is 4.86. The monoisotopic (exact) mass is 610 g/mol. The number of halogens is 1. The van der Waals surface area contributed by atoms with E-state index in [1.54, 1.807) is 54.6 Å². The SMILES string of the molecule is CCCCCCCCOc1ccc(CSC2SC(COC(=O)c3ccccc3)C(OC(=O)c3ccccc3)C2F)cc1. The van der Waals surface area contributed by atoms with Gasteiger partial charge >= 0.3 is 11.9 Å². The largest absolute Gasteiger partial charge is 0.494 e. The van der Waals surface area contributed by atoms with E-state index < -0.39 is 34.0 Å². The quantitative estimate of drug-likeness (QED) is 0.119. The zero-order valence-electron chi connectivity index (χ0n) is 24.0. The fourth-order valence-corrected chi connectivity index (χ4v) is 7.60. The molecule has 0 spiro atoms. The maximum Gasteiger partial charge on any atom is 0.338 e. The van der Waals surface area contributed by atoms with Gasteiger partial charge in [0.25, 0.3) is 0 Å². The first-order valence-corrected chi connectivity index (χ1v) is 16.7. The molecule has 0 bridgehead atoms. The Balaban J connectivity index is 1.31. The van der Waals surface area contributed by atoms with Crippen molar-refractivity contribution in [3.8, 4) is 5.75 Å². The van der Waals surface area contributed by atoms with E-state index in [-0.39, 0.29) is 6.61 Å². The summed E-state index contributed by atoms with van der Waals surface area (Å²) in [5, 5.41) is -0.532. The summed E-state index contributed by atoms with van der Waals surface area (Å²) in [6, 6.07) is 25.1. The van der Waals surface area contributed by atoms with Gasteiger partial charge in [0.05, 0.1) is 27.6 Å². The van der Waals surface area contributed by atoms with Gasteiger partial charge in [0.15, 0.2) is 12.3 Å². The number of hydrogen-bond donors (Lipinski definition) is 0. The van der Waals surface area contributed by atoms with E-state index in [1.807, 2.05) is 30.3 Å². The van der Waals surface area contributed by atoms with Crippen molar-refractivity contribution in [1.82, 2.24) is 0 Å². The number of thioether (sulfide) groups is 2. The number of ether oxygens (including phenoxy) is 3. The smallest absolute Gasteiger partial charge is 0.338 e. The molecule has 0 aliphatic carbocycles. The first kappa shape index (κ1) is 32.0. The molecule has 4 unspecified atom stereocenters. The van der Waals surface area contributed by atoms with Gasteiger partial charge in [-0.15, -0.1) is 23.5 Å². The lowest BCUT2D eigenvalue weighted by atomic mass is 10.1. The van der Waals surface area contributed by atoms with Crippen LogP contribution in [0.25, 0.3) is 0 Å². The fraction of sp³-hybridized carbons (Fsp3) is 0.412. The van der Waals surface area contributed by atoms with Crippen LogP contribution in [-0.2, 0) is 15.2 Å². The van der Waals surface area contributed by atoms with Crippen LogP contribution in [0.2, 0.25) is 0 Å². The second-order valence-corrected chi connectivity index (χ2v) is 13.1. The lowest BCUT2D eigenvalue weighted by molar-refractivity contribution is 0.00387. The minimum Gasteiger partial charge on any atom is -0.494 e. The van der Waals surface area contributed by atoms with E-state index >= 15 is 4.39 Å². The Morgan fingerprint density at radius 3 is 2.10 bits per heavy atom. The third-order valence-electron chi connectivity index (χ3n) is 6.99. The molecule has 224 valence electrons. The van der Waals surface area contributed by atoms with Crippen molar-refractivity contribution in [1.29, 1.82) is 0 Å². The van der Waals surface area contributed by atoms with Gasteiger partial charge in [-0.25, -0.2) is 14.0 Å². The first-order chi connectivity index (χ1) is 20.5. The van der Waals surface area contributed by atoms with Crippen molar-refractivity contribution in [2.45, 2.75) is 73.3 Å². The lowest BCUT2D eigenvalue weighted by Crippen LogP contribution is -2.36. The molecule has 1 aliphatic rings. The van der Waals surface area contributed by atoms with Crippen LogP contribution in [0.5, 0.6) is 5.75 Å². The predicted molar refractivity (Wildman–Crippen MR) is 169 cm³/mol. The van der Waals surface area contributed by atoms with Gasteiger partial charge < -0.3 is 14.2 Å². The van der Waals surface area contributed by atoms with E-state index in [0.717, 1.165) is 17.7 Å². The molecule has 0 saturated carbocycles. The van der Waals surface area contributed by atoms with Crippen LogP contribution in [0.15, 0.2) is 84.9 Å². The van der Waals surface area contributed by atoms with E-state index in [1.165, 1.54) is 55.6 Å². The van der Waals surface area contributed by atoms with Crippen LogP contribution in [0.1, 0.15) is 71.7 Å². The Kier molecular flexibility index (Phi) is 13.1. The van der Waals surface area contributed by atoms with Crippen molar-refractivity contribution in [3.63, 3.8) is 0 Å². The molecule has 4 rings (SSSR count). The number of esters is 2. The number of rotatable bonds is 16. The highest BCUT2D eigenvalue weighted by molar-refractivity contribution is 8.17. The second-order valence-electron chi connectivity index (χ2n) is 10.3.